The Kier molecular flexibility index (Phi) is 3.62. The smallest absolute Gasteiger partial charge is 0.266 e. The van der Waals surface area contributed by atoms with E-state index in [1.165, 1.54) is 0 Å². The van der Waals surface area contributed by atoms with Gasteiger partial charge in [0.2, 0.25) is 0 Å². The van der Waals surface area contributed by atoms with Gasteiger partial charge in [-0.15, -0.1) is 11.3 Å². The molecule has 1 amide bonds. The van der Waals surface area contributed by atoms with Gasteiger partial charge in [-0.05, 0) is 30.5 Å². The lowest BCUT2D eigenvalue weighted by Gasteiger charge is -2.00. The van der Waals surface area contributed by atoms with Crippen LogP contribution in [0.25, 0.3) is 0 Å². The summed E-state index contributed by atoms with van der Waals surface area (Å²) in [6, 6.07) is 9.07. The van der Waals surface area contributed by atoms with Crippen molar-refractivity contribution in [2.75, 3.05) is 0 Å². The maximum atomic E-state index is 11.6. The first kappa shape index (κ1) is 11.5. The van der Waals surface area contributed by atoms with Gasteiger partial charge in [0.1, 0.15) is 5.69 Å². The van der Waals surface area contributed by atoms with E-state index in [4.69, 9.17) is 0 Å². The quantitative estimate of drug-likeness (QED) is 0.666. The maximum Gasteiger partial charge on any atom is 0.289 e. The number of rotatable bonds is 3. The third kappa shape index (κ3) is 2.98. The van der Waals surface area contributed by atoms with Crippen molar-refractivity contribution in [2.24, 2.45) is 5.10 Å². The van der Waals surface area contributed by atoms with Gasteiger partial charge in [-0.2, -0.15) is 5.10 Å². The number of hydrogen-bond acceptors (Lipinski definition) is 4. The summed E-state index contributed by atoms with van der Waals surface area (Å²) in [7, 11) is 0. The van der Waals surface area contributed by atoms with Crippen molar-refractivity contribution in [3.8, 4) is 0 Å². The molecule has 0 aliphatic carbocycles. The second-order valence-corrected chi connectivity index (χ2v) is 4.28. The van der Waals surface area contributed by atoms with Crippen molar-refractivity contribution in [2.45, 2.75) is 6.92 Å². The highest BCUT2D eigenvalue weighted by Gasteiger charge is 2.05. The molecule has 2 aromatic rings. The summed E-state index contributed by atoms with van der Waals surface area (Å²) in [5.74, 6) is -0.304. The Morgan fingerprint density at radius 2 is 2.24 bits per heavy atom. The molecule has 0 bridgehead atoms. The van der Waals surface area contributed by atoms with Crippen LogP contribution in [0.5, 0.6) is 0 Å². The zero-order chi connectivity index (χ0) is 12.1. The first-order valence-electron chi connectivity index (χ1n) is 5.07. The average Bonchev–Trinajstić information content (AvgIpc) is 2.90. The minimum atomic E-state index is -0.304. The molecule has 2 rings (SSSR count). The Morgan fingerprint density at radius 1 is 1.35 bits per heavy atom. The molecule has 0 aliphatic heterocycles. The van der Waals surface area contributed by atoms with E-state index in [-0.39, 0.29) is 5.91 Å². The third-order valence-corrected chi connectivity index (χ3v) is 3.08. The number of nitrogens with zero attached hydrogens (tertiary/aromatic N) is 2. The van der Waals surface area contributed by atoms with E-state index in [9.17, 15) is 4.79 Å². The van der Waals surface area contributed by atoms with Crippen LogP contribution in [0, 0.1) is 0 Å². The molecule has 0 fully saturated rings. The van der Waals surface area contributed by atoms with E-state index >= 15 is 0 Å². The molecule has 17 heavy (non-hydrogen) atoms. The van der Waals surface area contributed by atoms with Gasteiger partial charge in [-0.1, -0.05) is 12.1 Å². The highest BCUT2D eigenvalue weighted by molar-refractivity contribution is 7.12. The first-order chi connectivity index (χ1) is 8.27. The molecule has 0 unspecified atom stereocenters. The van der Waals surface area contributed by atoms with Gasteiger partial charge in [-0.25, -0.2) is 5.43 Å². The van der Waals surface area contributed by atoms with E-state index in [0.717, 1.165) is 10.6 Å². The fourth-order valence-electron chi connectivity index (χ4n) is 1.23. The standard InChI is InChI=1S/C12H11N3OS/c1-9(11-6-4-8-17-11)14-15-12(16)10-5-2-3-7-13-10/h2-8H,1H3,(H,15,16)/b14-9+. The maximum absolute atomic E-state index is 11.6. The number of carbonyl (C=O) groups is 1. The SMILES string of the molecule is C/C(=N\NC(=O)c1ccccn1)c1cccs1. The first-order valence-corrected chi connectivity index (χ1v) is 5.95. The van der Waals surface area contributed by atoms with E-state index in [1.807, 2.05) is 24.4 Å². The van der Waals surface area contributed by atoms with Crippen molar-refractivity contribution in [3.05, 3.63) is 52.5 Å². The van der Waals surface area contributed by atoms with Gasteiger partial charge in [0.05, 0.1) is 5.71 Å². The number of hydrazone groups is 1. The minimum absolute atomic E-state index is 0.304. The molecule has 0 radical (unpaired) electrons. The molecule has 1 N–H and O–H groups in total. The average molecular weight is 245 g/mol. The van der Waals surface area contributed by atoms with E-state index in [0.29, 0.717) is 5.69 Å². The number of carbonyl (C=O) groups excluding carboxylic acids is 1. The zero-order valence-electron chi connectivity index (χ0n) is 9.25. The molecule has 2 aromatic heterocycles. The summed E-state index contributed by atoms with van der Waals surface area (Å²) in [6.07, 6.45) is 1.57. The Hall–Kier alpha value is -2.01. The molecule has 2 heterocycles. The lowest BCUT2D eigenvalue weighted by atomic mass is 10.3. The van der Waals surface area contributed by atoms with Crippen LogP contribution in [0.3, 0.4) is 0 Å². The predicted octanol–water partition coefficient (Wildman–Crippen LogP) is 2.30. The third-order valence-electron chi connectivity index (χ3n) is 2.10. The number of nitrogens with one attached hydrogen (secondary N) is 1. The molecular weight excluding hydrogens is 234 g/mol. The highest BCUT2D eigenvalue weighted by atomic mass is 32.1. The lowest BCUT2D eigenvalue weighted by Crippen LogP contribution is -2.20. The Balaban J connectivity index is 2.04. The van der Waals surface area contributed by atoms with Crippen molar-refractivity contribution < 1.29 is 4.79 Å². The number of hydrogen-bond donors (Lipinski definition) is 1. The van der Waals surface area contributed by atoms with Gasteiger partial charge in [-0.3, -0.25) is 9.78 Å². The van der Waals surface area contributed by atoms with Gasteiger partial charge in [0.15, 0.2) is 0 Å². The van der Waals surface area contributed by atoms with Crippen molar-refractivity contribution in [3.63, 3.8) is 0 Å². The number of aromatic nitrogens is 1. The normalized spacial score (nSPS) is 11.2. The van der Waals surface area contributed by atoms with Crippen LogP contribution in [0.2, 0.25) is 0 Å². The summed E-state index contributed by atoms with van der Waals surface area (Å²) in [5, 5.41) is 6.00. The molecular formula is C12H11N3OS. The van der Waals surface area contributed by atoms with E-state index in [1.54, 1.807) is 35.7 Å². The van der Waals surface area contributed by atoms with Crippen LogP contribution in [0.15, 0.2) is 47.0 Å². The van der Waals surface area contributed by atoms with Crippen LogP contribution in [0.1, 0.15) is 22.3 Å². The monoisotopic (exact) mass is 245 g/mol. The predicted molar refractivity (Wildman–Crippen MR) is 68.2 cm³/mol. The van der Waals surface area contributed by atoms with Crippen LogP contribution in [0.4, 0.5) is 0 Å². The Labute approximate surface area is 103 Å². The summed E-state index contributed by atoms with van der Waals surface area (Å²) >= 11 is 1.58. The van der Waals surface area contributed by atoms with E-state index in [2.05, 4.69) is 15.5 Å². The second kappa shape index (κ2) is 5.36. The zero-order valence-corrected chi connectivity index (χ0v) is 10.1. The number of amides is 1. The lowest BCUT2D eigenvalue weighted by molar-refractivity contribution is 0.0950. The molecule has 86 valence electrons. The van der Waals surface area contributed by atoms with Crippen LogP contribution in [-0.4, -0.2) is 16.6 Å². The van der Waals surface area contributed by atoms with Crippen LogP contribution < -0.4 is 5.43 Å². The van der Waals surface area contributed by atoms with Gasteiger partial charge >= 0.3 is 0 Å². The Bertz CT molecular complexity index is 520. The molecule has 0 atom stereocenters. The van der Waals surface area contributed by atoms with Crippen molar-refractivity contribution >= 4 is 23.0 Å². The number of pyridine rings is 1. The fraction of sp³-hybridized carbons (Fsp3) is 0.0833. The second-order valence-electron chi connectivity index (χ2n) is 3.33. The molecule has 0 saturated heterocycles. The minimum Gasteiger partial charge on any atom is -0.266 e. The van der Waals surface area contributed by atoms with Crippen LogP contribution in [-0.2, 0) is 0 Å². The highest BCUT2D eigenvalue weighted by Crippen LogP contribution is 2.09. The van der Waals surface area contributed by atoms with Gasteiger partial charge < -0.3 is 0 Å². The van der Waals surface area contributed by atoms with Crippen LogP contribution >= 0.6 is 11.3 Å². The summed E-state index contributed by atoms with van der Waals surface area (Å²) < 4.78 is 0. The molecule has 4 nitrogen and oxygen atoms in total. The summed E-state index contributed by atoms with van der Waals surface area (Å²) in [4.78, 5) is 16.6. The van der Waals surface area contributed by atoms with Crippen molar-refractivity contribution in [1.82, 2.24) is 10.4 Å². The molecule has 0 aliphatic rings. The van der Waals surface area contributed by atoms with Gasteiger partial charge in [0, 0.05) is 11.1 Å². The fourth-order valence-corrected chi connectivity index (χ4v) is 1.91. The number of thiophene rings is 1. The molecule has 0 saturated carbocycles. The largest absolute Gasteiger partial charge is 0.289 e. The van der Waals surface area contributed by atoms with Crippen molar-refractivity contribution in [1.29, 1.82) is 0 Å². The molecule has 0 aromatic carbocycles. The topological polar surface area (TPSA) is 54.4 Å². The molecule has 5 heteroatoms. The van der Waals surface area contributed by atoms with Gasteiger partial charge in [0.25, 0.3) is 5.91 Å². The Morgan fingerprint density at radius 3 is 2.88 bits per heavy atom. The summed E-state index contributed by atoms with van der Waals surface area (Å²) in [5.41, 5.74) is 3.62. The summed E-state index contributed by atoms with van der Waals surface area (Å²) in [6.45, 7) is 1.85. The van der Waals surface area contributed by atoms with E-state index < -0.39 is 0 Å². The molecule has 0 spiro atoms.